The molecule has 7 heteroatoms. The molecule has 3 rings (SSSR count). The SMILES string of the molecule is O=C(CSc1nc2ccccc2o1)N/N=C/c1ccc(Cl)cc1. The topological polar surface area (TPSA) is 67.5 Å². The lowest BCUT2D eigenvalue weighted by Gasteiger charge is -1.97. The summed E-state index contributed by atoms with van der Waals surface area (Å²) in [4.78, 5) is 16.0. The fourth-order valence-corrected chi connectivity index (χ4v) is 2.56. The predicted molar refractivity (Wildman–Crippen MR) is 91.9 cm³/mol. The number of carbonyl (C=O) groups excluding carboxylic acids is 1. The highest BCUT2D eigenvalue weighted by molar-refractivity contribution is 7.99. The molecule has 23 heavy (non-hydrogen) atoms. The van der Waals surface area contributed by atoms with Gasteiger partial charge in [-0.25, -0.2) is 10.4 Å². The number of hydrogen-bond acceptors (Lipinski definition) is 5. The van der Waals surface area contributed by atoms with Crippen LogP contribution in [-0.4, -0.2) is 22.9 Å². The van der Waals surface area contributed by atoms with Crippen LogP contribution >= 0.6 is 23.4 Å². The number of aromatic nitrogens is 1. The zero-order valence-corrected chi connectivity index (χ0v) is 13.5. The molecule has 0 spiro atoms. The normalized spacial score (nSPS) is 11.2. The maximum Gasteiger partial charge on any atom is 0.257 e. The Hall–Kier alpha value is -2.31. The van der Waals surface area contributed by atoms with Crippen LogP contribution in [-0.2, 0) is 4.79 Å². The van der Waals surface area contributed by atoms with Gasteiger partial charge in [-0.2, -0.15) is 5.10 Å². The van der Waals surface area contributed by atoms with Gasteiger partial charge < -0.3 is 4.42 Å². The summed E-state index contributed by atoms with van der Waals surface area (Å²) in [5.41, 5.74) is 4.78. The van der Waals surface area contributed by atoms with Crippen molar-refractivity contribution in [2.75, 3.05) is 5.75 Å². The minimum absolute atomic E-state index is 0.171. The minimum Gasteiger partial charge on any atom is -0.431 e. The first-order valence-electron chi connectivity index (χ1n) is 6.76. The van der Waals surface area contributed by atoms with Crippen molar-refractivity contribution in [3.63, 3.8) is 0 Å². The van der Waals surface area contributed by atoms with E-state index in [0.717, 1.165) is 11.1 Å². The van der Waals surface area contributed by atoms with Gasteiger partial charge in [0, 0.05) is 5.02 Å². The van der Waals surface area contributed by atoms with E-state index < -0.39 is 0 Å². The third-order valence-electron chi connectivity index (χ3n) is 2.87. The van der Waals surface area contributed by atoms with Crippen molar-refractivity contribution >= 4 is 46.6 Å². The first-order chi connectivity index (χ1) is 11.2. The van der Waals surface area contributed by atoms with Crippen LogP contribution < -0.4 is 5.43 Å². The largest absolute Gasteiger partial charge is 0.431 e. The lowest BCUT2D eigenvalue weighted by atomic mass is 10.2. The quantitative estimate of drug-likeness (QED) is 0.434. The molecule has 0 unspecified atom stereocenters. The molecule has 5 nitrogen and oxygen atoms in total. The predicted octanol–water partition coefficient (Wildman–Crippen LogP) is 3.72. The Bertz CT molecular complexity index is 813. The number of hydrazone groups is 1. The van der Waals surface area contributed by atoms with Crippen LogP contribution in [0.4, 0.5) is 0 Å². The molecule has 0 aliphatic heterocycles. The number of halogens is 1. The smallest absolute Gasteiger partial charge is 0.257 e. The monoisotopic (exact) mass is 345 g/mol. The lowest BCUT2D eigenvalue weighted by molar-refractivity contribution is -0.118. The number of rotatable bonds is 5. The van der Waals surface area contributed by atoms with Gasteiger partial charge in [0.05, 0.1) is 12.0 Å². The number of nitrogens with zero attached hydrogens (tertiary/aromatic N) is 2. The summed E-state index contributed by atoms with van der Waals surface area (Å²) in [7, 11) is 0. The summed E-state index contributed by atoms with van der Waals surface area (Å²) in [6, 6.07) is 14.6. The van der Waals surface area contributed by atoms with Gasteiger partial charge in [0.15, 0.2) is 5.58 Å². The van der Waals surface area contributed by atoms with Crippen molar-refractivity contribution in [1.82, 2.24) is 10.4 Å². The molecule has 0 saturated carbocycles. The Labute approximate surface area is 141 Å². The zero-order valence-electron chi connectivity index (χ0n) is 11.9. The van der Waals surface area contributed by atoms with Crippen LogP contribution in [0, 0.1) is 0 Å². The van der Waals surface area contributed by atoms with E-state index >= 15 is 0 Å². The van der Waals surface area contributed by atoms with Crippen LogP contribution in [0.3, 0.4) is 0 Å². The third-order valence-corrected chi connectivity index (χ3v) is 3.95. The van der Waals surface area contributed by atoms with Crippen LogP contribution in [0.1, 0.15) is 5.56 Å². The molecule has 0 aliphatic carbocycles. The molecule has 0 radical (unpaired) electrons. The molecule has 1 amide bonds. The summed E-state index contributed by atoms with van der Waals surface area (Å²) < 4.78 is 5.52. The number of benzene rings is 2. The highest BCUT2D eigenvalue weighted by Gasteiger charge is 2.08. The van der Waals surface area contributed by atoms with Gasteiger partial charge in [0.2, 0.25) is 0 Å². The fraction of sp³-hybridized carbons (Fsp3) is 0.0625. The van der Waals surface area contributed by atoms with E-state index in [9.17, 15) is 4.79 Å². The number of thioether (sulfide) groups is 1. The van der Waals surface area contributed by atoms with E-state index in [4.69, 9.17) is 16.0 Å². The van der Waals surface area contributed by atoms with Crippen LogP contribution in [0.2, 0.25) is 5.02 Å². The average Bonchev–Trinajstić information content (AvgIpc) is 2.98. The fourth-order valence-electron chi connectivity index (χ4n) is 1.80. The van der Waals surface area contributed by atoms with Crippen molar-refractivity contribution in [3.8, 4) is 0 Å². The maximum atomic E-state index is 11.7. The van der Waals surface area contributed by atoms with Crippen molar-refractivity contribution in [2.45, 2.75) is 5.22 Å². The third kappa shape index (κ3) is 4.34. The van der Waals surface area contributed by atoms with Crippen LogP contribution in [0.25, 0.3) is 11.1 Å². The number of amides is 1. The number of carbonyl (C=O) groups is 1. The second-order valence-electron chi connectivity index (χ2n) is 4.58. The summed E-state index contributed by atoms with van der Waals surface area (Å²) in [6.07, 6.45) is 1.55. The molecular weight excluding hydrogens is 334 g/mol. The van der Waals surface area contributed by atoms with Crippen molar-refractivity contribution in [1.29, 1.82) is 0 Å². The van der Waals surface area contributed by atoms with E-state index in [1.807, 2.05) is 36.4 Å². The molecule has 1 heterocycles. The van der Waals surface area contributed by atoms with E-state index in [0.29, 0.717) is 15.8 Å². The molecular formula is C16H12ClN3O2S. The Morgan fingerprint density at radius 2 is 2.04 bits per heavy atom. The summed E-state index contributed by atoms with van der Waals surface area (Å²) in [5.74, 6) is -0.0624. The molecule has 0 atom stereocenters. The Balaban J connectivity index is 1.50. The number of oxazole rings is 1. The van der Waals surface area contributed by atoms with Gasteiger partial charge in [-0.1, -0.05) is 47.6 Å². The molecule has 2 aromatic carbocycles. The van der Waals surface area contributed by atoms with Crippen molar-refractivity contribution in [3.05, 3.63) is 59.1 Å². The maximum absolute atomic E-state index is 11.7. The number of hydrogen-bond donors (Lipinski definition) is 1. The van der Waals surface area contributed by atoms with Crippen LogP contribution in [0.15, 0.2) is 63.3 Å². The molecule has 1 N–H and O–H groups in total. The average molecular weight is 346 g/mol. The van der Waals surface area contributed by atoms with Crippen LogP contribution in [0.5, 0.6) is 0 Å². The first kappa shape index (κ1) is 15.6. The minimum atomic E-state index is -0.234. The van der Waals surface area contributed by atoms with E-state index in [1.54, 1.807) is 18.3 Å². The van der Waals surface area contributed by atoms with Gasteiger partial charge in [0.1, 0.15) is 5.52 Å². The van der Waals surface area contributed by atoms with Gasteiger partial charge in [-0.15, -0.1) is 0 Å². The number of para-hydroxylation sites is 2. The first-order valence-corrected chi connectivity index (χ1v) is 8.13. The van der Waals surface area contributed by atoms with E-state index in [-0.39, 0.29) is 11.7 Å². The molecule has 0 aliphatic rings. The number of nitrogens with one attached hydrogen (secondary N) is 1. The zero-order chi connectivity index (χ0) is 16.1. The Kier molecular flexibility index (Phi) is 4.95. The molecule has 0 fully saturated rings. The van der Waals surface area contributed by atoms with Crippen molar-refractivity contribution < 1.29 is 9.21 Å². The van der Waals surface area contributed by atoms with E-state index in [1.165, 1.54) is 11.8 Å². The Morgan fingerprint density at radius 1 is 1.26 bits per heavy atom. The number of fused-ring (bicyclic) bond motifs is 1. The Morgan fingerprint density at radius 3 is 2.83 bits per heavy atom. The van der Waals surface area contributed by atoms with Gasteiger partial charge in [0.25, 0.3) is 11.1 Å². The van der Waals surface area contributed by atoms with Gasteiger partial charge in [-0.05, 0) is 29.8 Å². The standard InChI is InChI=1S/C16H12ClN3O2S/c17-12-7-5-11(6-8-12)9-18-20-15(21)10-23-16-19-13-3-1-2-4-14(13)22-16/h1-9H,10H2,(H,20,21)/b18-9+. The van der Waals surface area contributed by atoms with Gasteiger partial charge in [-0.3, -0.25) is 4.79 Å². The second-order valence-corrected chi connectivity index (χ2v) is 5.94. The lowest BCUT2D eigenvalue weighted by Crippen LogP contribution is -2.19. The van der Waals surface area contributed by atoms with Crippen molar-refractivity contribution in [2.24, 2.45) is 5.10 Å². The highest BCUT2D eigenvalue weighted by Crippen LogP contribution is 2.22. The molecule has 0 saturated heterocycles. The summed E-state index contributed by atoms with van der Waals surface area (Å²) >= 11 is 7.01. The highest BCUT2D eigenvalue weighted by atomic mass is 35.5. The molecule has 0 bridgehead atoms. The molecule has 116 valence electrons. The second kappa shape index (κ2) is 7.30. The molecule has 3 aromatic rings. The summed E-state index contributed by atoms with van der Waals surface area (Å²) in [5, 5.41) is 5.01. The molecule has 1 aromatic heterocycles. The van der Waals surface area contributed by atoms with E-state index in [2.05, 4.69) is 15.5 Å². The summed E-state index contributed by atoms with van der Waals surface area (Å²) in [6.45, 7) is 0. The van der Waals surface area contributed by atoms with Gasteiger partial charge >= 0.3 is 0 Å².